The monoisotopic (exact) mass is 476 g/mol. The lowest BCUT2D eigenvalue weighted by atomic mass is 10.1. The number of ether oxygens (including phenoxy) is 1. The van der Waals surface area contributed by atoms with Gasteiger partial charge in [-0.15, -0.1) is 0 Å². The van der Waals surface area contributed by atoms with Crippen LogP contribution in [0.2, 0.25) is 0 Å². The van der Waals surface area contributed by atoms with Gasteiger partial charge in [-0.3, -0.25) is 9.69 Å². The molecule has 1 amide bonds. The number of furan rings is 1. The van der Waals surface area contributed by atoms with E-state index in [9.17, 15) is 14.4 Å². The van der Waals surface area contributed by atoms with E-state index in [4.69, 9.17) is 14.3 Å². The van der Waals surface area contributed by atoms with E-state index in [0.717, 1.165) is 5.56 Å². The van der Waals surface area contributed by atoms with Gasteiger partial charge in [-0.25, -0.2) is 14.6 Å². The van der Waals surface area contributed by atoms with Crippen LogP contribution in [0.1, 0.15) is 33.4 Å². The number of nitrogens with zero attached hydrogens (tertiary/aromatic N) is 2. The maximum absolute atomic E-state index is 12.9. The number of amidine groups is 1. The van der Waals surface area contributed by atoms with Gasteiger partial charge in [-0.2, -0.15) is 0 Å². The highest BCUT2D eigenvalue weighted by Gasteiger charge is 2.32. The molecule has 8 nitrogen and oxygen atoms in total. The zero-order valence-corrected chi connectivity index (χ0v) is 19.2. The van der Waals surface area contributed by atoms with E-state index in [1.807, 2.05) is 6.92 Å². The summed E-state index contributed by atoms with van der Waals surface area (Å²) in [5, 5.41) is 9.55. The van der Waals surface area contributed by atoms with Gasteiger partial charge in [0.05, 0.1) is 28.8 Å². The number of carbonyl (C=O) groups excluding carboxylic acids is 2. The van der Waals surface area contributed by atoms with E-state index < -0.39 is 11.9 Å². The fraction of sp³-hybridized carbons (Fsp3) is 0.120. The van der Waals surface area contributed by atoms with Gasteiger partial charge in [0.2, 0.25) is 0 Å². The summed E-state index contributed by atoms with van der Waals surface area (Å²) in [5.74, 6) is -0.510. The standard InChI is InChI=1S/C25H20N2O6S/c1-3-27-22(28)21(34-25(27)26-18-10-8-16(9-11-18)23(29)30)14-19-12-13-20(33-19)15-4-6-17(7-5-15)24(31)32-2/h4-14H,3H2,1-2H3,(H,29,30)/b21-14+,26-25?. The number of carboxylic acid groups (broad SMARTS) is 1. The number of benzene rings is 2. The van der Waals surface area contributed by atoms with Gasteiger partial charge in [-0.05, 0) is 67.2 Å². The lowest BCUT2D eigenvalue weighted by Crippen LogP contribution is -2.28. The molecule has 2 heterocycles. The van der Waals surface area contributed by atoms with Gasteiger partial charge in [0, 0.05) is 18.2 Å². The molecule has 0 spiro atoms. The average molecular weight is 477 g/mol. The van der Waals surface area contributed by atoms with E-state index in [2.05, 4.69) is 4.99 Å². The summed E-state index contributed by atoms with van der Waals surface area (Å²) in [5.41, 5.74) is 1.94. The summed E-state index contributed by atoms with van der Waals surface area (Å²) in [6.45, 7) is 2.29. The van der Waals surface area contributed by atoms with Crippen molar-refractivity contribution in [1.82, 2.24) is 4.90 Å². The molecule has 4 rings (SSSR count). The van der Waals surface area contributed by atoms with Crippen LogP contribution in [0.5, 0.6) is 0 Å². The van der Waals surface area contributed by atoms with Crippen molar-refractivity contribution in [2.24, 2.45) is 4.99 Å². The number of aromatic carboxylic acids is 1. The summed E-state index contributed by atoms with van der Waals surface area (Å²) in [7, 11) is 1.33. The Hall–Kier alpha value is -4.11. The van der Waals surface area contributed by atoms with Crippen molar-refractivity contribution < 1.29 is 28.6 Å². The quantitative estimate of drug-likeness (QED) is 0.391. The lowest BCUT2D eigenvalue weighted by Gasteiger charge is -2.11. The predicted octanol–water partition coefficient (Wildman–Crippen LogP) is 5.06. The first kappa shape index (κ1) is 23.1. The Morgan fingerprint density at radius 3 is 2.35 bits per heavy atom. The molecule has 172 valence electrons. The van der Waals surface area contributed by atoms with Crippen molar-refractivity contribution in [2.75, 3.05) is 13.7 Å². The average Bonchev–Trinajstić information content (AvgIpc) is 3.43. The number of aliphatic imine (C=N–C) groups is 1. The topological polar surface area (TPSA) is 109 Å². The molecule has 9 heteroatoms. The van der Waals surface area contributed by atoms with Gasteiger partial charge < -0.3 is 14.3 Å². The number of amides is 1. The van der Waals surface area contributed by atoms with Crippen molar-refractivity contribution >= 4 is 46.5 Å². The third-order valence-corrected chi connectivity index (χ3v) is 6.04. The summed E-state index contributed by atoms with van der Waals surface area (Å²) in [6.07, 6.45) is 1.66. The van der Waals surface area contributed by atoms with Gasteiger partial charge in [0.25, 0.3) is 5.91 Å². The van der Waals surface area contributed by atoms with E-state index in [0.29, 0.717) is 39.4 Å². The summed E-state index contributed by atoms with van der Waals surface area (Å²) in [4.78, 5) is 42.1. The van der Waals surface area contributed by atoms with Gasteiger partial charge >= 0.3 is 11.9 Å². The molecule has 0 saturated carbocycles. The smallest absolute Gasteiger partial charge is 0.337 e. The van der Waals surface area contributed by atoms with E-state index in [1.165, 1.54) is 31.0 Å². The summed E-state index contributed by atoms with van der Waals surface area (Å²) < 4.78 is 10.6. The zero-order valence-electron chi connectivity index (χ0n) is 18.3. The third kappa shape index (κ3) is 4.79. The Balaban J connectivity index is 1.55. The lowest BCUT2D eigenvalue weighted by molar-refractivity contribution is -0.122. The normalized spacial score (nSPS) is 15.8. The minimum absolute atomic E-state index is 0.167. The molecular weight excluding hydrogens is 456 g/mol. The van der Waals surface area contributed by atoms with Crippen LogP contribution < -0.4 is 0 Å². The van der Waals surface area contributed by atoms with Crippen LogP contribution in [0.25, 0.3) is 17.4 Å². The minimum atomic E-state index is -1.01. The number of carboxylic acids is 1. The van der Waals surface area contributed by atoms with Crippen molar-refractivity contribution in [3.05, 3.63) is 82.5 Å². The highest BCUT2D eigenvalue weighted by Crippen LogP contribution is 2.35. The highest BCUT2D eigenvalue weighted by atomic mass is 32.2. The van der Waals surface area contributed by atoms with Crippen LogP contribution >= 0.6 is 11.8 Å². The molecule has 1 N–H and O–H groups in total. The molecule has 1 aromatic heterocycles. The van der Waals surface area contributed by atoms with Crippen molar-refractivity contribution in [1.29, 1.82) is 0 Å². The molecule has 0 atom stereocenters. The SMILES string of the molecule is CCN1C(=O)/C(=C\c2ccc(-c3ccc(C(=O)OC)cc3)o2)SC1=Nc1ccc(C(=O)O)cc1. The van der Waals surface area contributed by atoms with Crippen LogP contribution in [0.4, 0.5) is 5.69 Å². The number of thioether (sulfide) groups is 1. The number of carbonyl (C=O) groups is 3. The first-order valence-electron chi connectivity index (χ1n) is 10.3. The van der Waals surface area contributed by atoms with Crippen molar-refractivity contribution in [3.8, 4) is 11.3 Å². The number of rotatable bonds is 6. The maximum Gasteiger partial charge on any atom is 0.337 e. The second-order valence-electron chi connectivity index (χ2n) is 7.18. The van der Waals surface area contributed by atoms with Crippen LogP contribution in [-0.4, -0.2) is 46.7 Å². The number of hydrogen-bond acceptors (Lipinski definition) is 7. The van der Waals surface area contributed by atoms with E-state index in [1.54, 1.807) is 59.5 Å². The number of esters is 1. The van der Waals surface area contributed by atoms with Crippen molar-refractivity contribution in [3.63, 3.8) is 0 Å². The Morgan fingerprint density at radius 1 is 1.06 bits per heavy atom. The molecule has 0 radical (unpaired) electrons. The Morgan fingerprint density at radius 2 is 1.74 bits per heavy atom. The molecule has 0 bridgehead atoms. The van der Waals surface area contributed by atoms with E-state index in [-0.39, 0.29) is 11.5 Å². The Bertz CT molecular complexity index is 1310. The van der Waals surface area contributed by atoms with Crippen LogP contribution in [-0.2, 0) is 9.53 Å². The third-order valence-electron chi connectivity index (χ3n) is 5.03. The van der Waals surface area contributed by atoms with E-state index >= 15 is 0 Å². The second kappa shape index (κ2) is 9.80. The Kier molecular flexibility index (Phi) is 6.65. The highest BCUT2D eigenvalue weighted by molar-refractivity contribution is 8.18. The van der Waals surface area contributed by atoms with Gasteiger partial charge in [0.15, 0.2) is 5.17 Å². The molecule has 1 aliphatic heterocycles. The number of likely N-dealkylation sites (N-methyl/N-ethyl adjacent to an activating group) is 1. The first-order valence-corrected chi connectivity index (χ1v) is 11.1. The molecule has 1 saturated heterocycles. The summed E-state index contributed by atoms with van der Waals surface area (Å²) in [6, 6.07) is 16.5. The van der Waals surface area contributed by atoms with Crippen LogP contribution in [0.3, 0.4) is 0 Å². The fourth-order valence-corrected chi connectivity index (χ4v) is 4.30. The Labute approximate surface area is 199 Å². The van der Waals surface area contributed by atoms with Crippen LogP contribution in [0, 0.1) is 0 Å². The maximum atomic E-state index is 12.9. The molecule has 1 aliphatic rings. The molecule has 3 aromatic rings. The minimum Gasteiger partial charge on any atom is -0.478 e. The molecular formula is C25H20N2O6S. The zero-order chi connectivity index (χ0) is 24.2. The molecule has 0 aliphatic carbocycles. The predicted molar refractivity (Wildman–Crippen MR) is 129 cm³/mol. The number of hydrogen-bond donors (Lipinski definition) is 1. The largest absolute Gasteiger partial charge is 0.478 e. The van der Waals surface area contributed by atoms with Gasteiger partial charge in [0.1, 0.15) is 11.5 Å². The van der Waals surface area contributed by atoms with Gasteiger partial charge in [-0.1, -0.05) is 12.1 Å². The molecule has 2 aromatic carbocycles. The second-order valence-corrected chi connectivity index (χ2v) is 8.19. The van der Waals surface area contributed by atoms with Crippen molar-refractivity contribution in [2.45, 2.75) is 6.92 Å². The molecule has 34 heavy (non-hydrogen) atoms. The number of methoxy groups -OCH3 is 1. The molecule has 1 fully saturated rings. The fourth-order valence-electron chi connectivity index (χ4n) is 3.26. The summed E-state index contributed by atoms with van der Waals surface area (Å²) >= 11 is 1.22. The van der Waals surface area contributed by atoms with Crippen LogP contribution in [0.15, 0.2) is 75.0 Å². The molecule has 0 unspecified atom stereocenters. The first-order chi connectivity index (χ1) is 16.4.